The third kappa shape index (κ3) is 2.99. The zero-order valence-corrected chi connectivity index (χ0v) is 13.6. The summed E-state index contributed by atoms with van der Waals surface area (Å²) in [4.78, 5) is 11.8. The molecule has 0 radical (unpaired) electrons. The van der Waals surface area contributed by atoms with Gasteiger partial charge in [0.05, 0.1) is 12.2 Å². The van der Waals surface area contributed by atoms with Gasteiger partial charge in [-0.15, -0.1) is 0 Å². The summed E-state index contributed by atoms with van der Waals surface area (Å²) in [5.41, 5.74) is 1.44. The first-order chi connectivity index (χ1) is 9.25. The van der Waals surface area contributed by atoms with E-state index < -0.39 is 0 Å². The maximum absolute atomic E-state index is 11.8. The Kier molecular flexibility index (Phi) is 4.13. The van der Waals surface area contributed by atoms with Crippen LogP contribution < -0.4 is 0 Å². The minimum absolute atomic E-state index is 0.199. The topological polar surface area (TPSA) is 26.3 Å². The van der Waals surface area contributed by atoms with E-state index in [2.05, 4.69) is 33.8 Å². The van der Waals surface area contributed by atoms with Gasteiger partial charge >= 0.3 is 0 Å². The number of carbonyl (C=O) groups is 1. The molecule has 0 saturated carbocycles. The van der Waals surface area contributed by atoms with Gasteiger partial charge in [-0.1, -0.05) is 25.5 Å². The molecule has 0 spiro atoms. The van der Waals surface area contributed by atoms with Crippen molar-refractivity contribution in [2.75, 3.05) is 0 Å². The van der Waals surface area contributed by atoms with Crippen LogP contribution in [0.5, 0.6) is 0 Å². The van der Waals surface area contributed by atoms with Crippen LogP contribution in [0.15, 0.2) is 23.5 Å². The van der Waals surface area contributed by atoms with Crippen LogP contribution in [-0.4, -0.2) is 11.4 Å². The van der Waals surface area contributed by atoms with Crippen molar-refractivity contribution < 1.29 is 9.53 Å². The van der Waals surface area contributed by atoms with Crippen molar-refractivity contribution in [1.29, 1.82) is 0 Å². The largest absolute Gasteiger partial charge is 0.492 e. The fraction of sp³-hybridized carbons (Fsp3) is 0.722. The summed E-state index contributed by atoms with van der Waals surface area (Å²) in [6, 6.07) is 0. The van der Waals surface area contributed by atoms with Gasteiger partial charge in [-0.25, -0.2) is 0 Å². The number of ether oxygens (including phenoxy) is 1. The molecule has 1 aliphatic heterocycles. The van der Waals surface area contributed by atoms with Gasteiger partial charge < -0.3 is 4.74 Å². The first kappa shape index (κ1) is 15.3. The lowest BCUT2D eigenvalue weighted by Crippen LogP contribution is -2.38. The van der Waals surface area contributed by atoms with Crippen LogP contribution in [0, 0.1) is 11.3 Å². The second-order valence-corrected chi connectivity index (χ2v) is 7.23. The van der Waals surface area contributed by atoms with Crippen LogP contribution in [0.3, 0.4) is 0 Å². The molecule has 2 nitrogen and oxygen atoms in total. The molecular formula is C18H28O2. The van der Waals surface area contributed by atoms with Crippen LogP contribution in [0.25, 0.3) is 0 Å². The van der Waals surface area contributed by atoms with E-state index in [1.807, 2.05) is 6.92 Å². The van der Waals surface area contributed by atoms with Gasteiger partial charge in [-0.2, -0.15) is 0 Å². The van der Waals surface area contributed by atoms with Crippen LogP contribution in [0.4, 0.5) is 0 Å². The third-order valence-corrected chi connectivity index (χ3v) is 5.53. The van der Waals surface area contributed by atoms with E-state index in [0.717, 1.165) is 18.6 Å². The van der Waals surface area contributed by atoms with Crippen LogP contribution in [0.2, 0.25) is 0 Å². The summed E-state index contributed by atoms with van der Waals surface area (Å²) in [7, 11) is 0. The van der Waals surface area contributed by atoms with E-state index in [4.69, 9.17) is 4.74 Å². The molecule has 3 atom stereocenters. The molecule has 0 aromatic carbocycles. The molecule has 1 unspecified atom stereocenters. The predicted octanol–water partition coefficient (Wildman–Crippen LogP) is 4.80. The Labute approximate surface area is 123 Å². The number of carbonyl (C=O) groups excluding carboxylic acids is 1. The average Bonchev–Trinajstić information content (AvgIpc) is 2.32. The minimum Gasteiger partial charge on any atom is -0.492 e. The summed E-state index contributed by atoms with van der Waals surface area (Å²) in [5, 5.41) is 0. The van der Waals surface area contributed by atoms with Crippen molar-refractivity contribution in [3.05, 3.63) is 23.5 Å². The Bertz CT molecular complexity index is 460. The Morgan fingerprint density at radius 2 is 2.00 bits per heavy atom. The summed E-state index contributed by atoms with van der Waals surface area (Å²) in [6.45, 7) is 11.0. The Hall–Kier alpha value is -1.05. The molecule has 2 aliphatic rings. The zero-order chi connectivity index (χ0) is 15.0. The lowest BCUT2D eigenvalue weighted by molar-refractivity contribution is -0.123. The monoisotopic (exact) mass is 276 g/mol. The molecule has 112 valence electrons. The minimum atomic E-state index is -0.323. The molecule has 0 saturated heterocycles. The molecule has 2 rings (SSSR count). The predicted molar refractivity (Wildman–Crippen MR) is 82.4 cm³/mol. The van der Waals surface area contributed by atoms with E-state index in [0.29, 0.717) is 12.3 Å². The number of rotatable bonds is 3. The molecule has 0 aromatic rings. The Morgan fingerprint density at radius 1 is 1.30 bits per heavy atom. The molecule has 0 N–H and O–H groups in total. The summed E-state index contributed by atoms with van der Waals surface area (Å²) in [5.74, 6) is 1.66. The fourth-order valence-corrected chi connectivity index (χ4v) is 3.70. The second-order valence-electron chi connectivity index (χ2n) is 7.23. The standard InChI is InChI=1S/C18H28O2/c1-13-7-6-8-14(2)18(13,5)10-9-17(4)12-16(19)11-15(3)20-17/h7,11,14H,6,8-10,12H2,1-5H3/t14-,17?,18-/m1/s1. The Morgan fingerprint density at radius 3 is 2.60 bits per heavy atom. The highest BCUT2D eigenvalue weighted by Gasteiger charge is 2.39. The first-order valence-electron chi connectivity index (χ1n) is 7.83. The summed E-state index contributed by atoms with van der Waals surface area (Å²) < 4.78 is 5.97. The van der Waals surface area contributed by atoms with Gasteiger partial charge in [-0.05, 0) is 57.8 Å². The van der Waals surface area contributed by atoms with Crippen molar-refractivity contribution in [3.63, 3.8) is 0 Å². The third-order valence-electron chi connectivity index (χ3n) is 5.53. The molecule has 1 aliphatic carbocycles. The van der Waals surface area contributed by atoms with E-state index in [1.165, 1.54) is 18.4 Å². The molecule has 2 heteroatoms. The van der Waals surface area contributed by atoms with Gasteiger partial charge in [0.1, 0.15) is 5.60 Å². The highest BCUT2D eigenvalue weighted by Crippen LogP contribution is 2.47. The van der Waals surface area contributed by atoms with Gasteiger partial charge in [0, 0.05) is 6.08 Å². The molecular weight excluding hydrogens is 248 g/mol. The SMILES string of the molecule is CC1=CC(=O)CC(C)(CC[C@]2(C)C(C)=CCC[C@H]2C)O1. The van der Waals surface area contributed by atoms with Gasteiger partial charge in [-0.3, -0.25) is 4.79 Å². The van der Waals surface area contributed by atoms with E-state index in [1.54, 1.807) is 6.08 Å². The molecule has 1 heterocycles. The van der Waals surface area contributed by atoms with Gasteiger partial charge in [0.2, 0.25) is 0 Å². The van der Waals surface area contributed by atoms with Crippen molar-refractivity contribution in [2.45, 2.75) is 72.3 Å². The second kappa shape index (κ2) is 5.38. The van der Waals surface area contributed by atoms with E-state index in [9.17, 15) is 4.79 Å². The molecule has 0 aromatic heterocycles. The zero-order valence-electron chi connectivity index (χ0n) is 13.6. The van der Waals surface area contributed by atoms with Crippen LogP contribution in [-0.2, 0) is 9.53 Å². The quantitative estimate of drug-likeness (QED) is 0.692. The van der Waals surface area contributed by atoms with Crippen molar-refractivity contribution >= 4 is 5.78 Å². The highest BCUT2D eigenvalue weighted by molar-refractivity contribution is 5.91. The highest BCUT2D eigenvalue weighted by atomic mass is 16.5. The average molecular weight is 276 g/mol. The maximum Gasteiger partial charge on any atom is 0.162 e. The normalized spacial score (nSPS) is 38.0. The first-order valence-corrected chi connectivity index (χ1v) is 7.83. The lowest BCUT2D eigenvalue weighted by atomic mass is 9.64. The fourth-order valence-electron chi connectivity index (χ4n) is 3.70. The molecule has 0 amide bonds. The van der Waals surface area contributed by atoms with Crippen molar-refractivity contribution in [3.8, 4) is 0 Å². The number of allylic oxidation sites excluding steroid dienone is 4. The van der Waals surface area contributed by atoms with Crippen molar-refractivity contribution in [1.82, 2.24) is 0 Å². The smallest absolute Gasteiger partial charge is 0.162 e. The molecule has 0 fully saturated rings. The number of hydrogen-bond donors (Lipinski definition) is 0. The van der Waals surface area contributed by atoms with Gasteiger partial charge in [0.15, 0.2) is 5.78 Å². The number of ketones is 1. The number of hydrogen-bond acceptors (Lipinski definition) is 2. The molecule has 0 bridgehead atoms. The maximum atomic E-state index is 11.8. The Balaban J connectivity index is 2.08. The summed E-state index contributed by atoms with van der Waals surface area (Å²) >= 11 is 0. The van der Waals surface area contributed by atoms with E-state index in [-0.39, 0.29) is 16.8 Å². The lowest BCUT2D eigenvalue weighted by Gasteiger charge is -2.43. The molecule has 20 heavy (non-hydrogen) atoms. The van der Waals surface area contributed by atoms with Crippen LogP contribution in [0.1, 0.15) is 66.7 Å². The van der Waals surface area contributed by atoms with Crippen molar-refractivity contribution in [2.24, 2.45) is 11.3 Å². The summed E-state index contributed by atoms with van der Waals surface area (Å²) in [6.07, 6.45) is 9.03. The van der Waals surface area contributed by atoms with Crippen LogP contribution >= 0.6 is 0 Å². The van der Waals surface area contributed by atoms with Gasteiger partial charge in [0.25, 0.3) is 0 Å². The van der Waals surface area contributed by atoms with E-state index >= 15 is 0 Å².